The van der Waals surface area contributed by atoms with Gasteiger partial charge in [0, 0.05) is 37.1 Å². The Hall–Kier alpha value is -1.66. The molecular formula is C15H21N3O2S. The Kier molecular flexibility index (Phi) is 5.95. The van der Waals surface area contributed by atoms with Crippen molar-refractivity contribution in [2.24, 2.45) is 11.7 Å². The molecule has 1 atom stereocenters. The van der Waals surface area contributed by atoms with E-state index in [1.54, 1.807) is 22.3 Å². The van der Waals surface area contributed by atoms with Crippen LogP contribution < -0.4 is 11.1 Å². The van der Waals surface area contributed by atoms with E-state index in [1.807, 2.05) is 23.6 Å². The largest absolute Gasteiger partial charge is 0.355 e. The van der Waals surface area contributed by atoms with Gasteiger partial charge in [-0.15, -0.1) is 11.3 Å². The lowest BCUT2D eigenvalue weighted by atomic mass is 9.97. The van der Waals surface area contributed by atoms with Gasteiger partial charge in [0.2, 0.25) is 11.8 Å². The zero-order chi connectivity index (χ0) is 15.1. The van der Waals surface area contributed by atoms with Crippen LogP contribution in [0.25, 0.3) is 6.08 Å². The molecule has 1 saturated heterocycles. The van der Waals surface area contributed by atoms with E-state index in [0.717, 1.165) is 17.7 Å². The molecule has 6 heteroatoms. The molecule has 0 aromatic carbocycles. The highest BCUT2D eigenvalue weighted by molar-refractivity contribution is 7.10. The molecule has 2 rings (SSSR count). The first-order valence-corrected chi connectivity index (χ1v) is 8.07. The maximum absolute atomic E-state index is 12.2. The zero-order valence-electron chi connectivity index (χ0n) is 12.0. The van der Waals surface area contributed by atoms with E-state index in [1.165, 1.54) is 0 Å². The van der Waals surface area contributed by atoms with E-state index in [4.69, 9.17) is 5.73 Å². The summed E-state index contributed by atoms with van der Waals surface area (Å²) in [6.07, 6.45) is 5.10. The number of hydrogen-bond donors (Lipinski definition) is 2. The molecule has 1 aliphatic rings. The Morgan fingerprint density at radius 1 is 1.52 bits per heavy atom. The van der Waals surface area contributed by atoms with Crippen LogP contribution in [-0.2, 0) is 9.59 Å². The van der Waals surface area contributed by atoms with Crippen molar-refractivity contribution in [2.45, 2.75) is 12.8 Å². The number of hydrogen-bond acceptors (Lipinski definition) is 4. The summed E-state index contributed by atoms with van der Waals surface area (Å²) in [5.41, 5.74) is 5.38. The van der Waals surface area contributed by atoms with Crippen molar-refractivity contribution in [1.29, 1.82) is 0 Å². The lowest BCUT2D eigenvalue weighted by molar-refractivity contribution is -0.132. The number of amides is 2. The van der Waals surface area contributed by atoms with E-state index in [2.05, 4.69) is 5.32 Å². The van der Waals surface area contributed by atoms with Gasteiger partial charge in [0.15, 0.2) is 0 Å². The van der Waals surface area contributed by atoms with Crippen LogP contribution in [0.4, 0.5) is 0 Å². The molecule has 0 aliphatic carbocycles. The first-order valence-electron chi connectivity index (χ1n) is 7.19. The maximum Gasteiger partial charge on any atom is 0.246 e. The number of nitrogens with two attached hydrogens (primary N) is 1. The summed E-state index contributed by atoms with van der Waals surface area (Å²) in [5, 5.41) is 4.77. The molecule has 0 bridgehead atoms. The van der Waals surface area contributed by atoms with Crippen molar-refractivity contribution in [3.8, 4) is 0 Å². The number of piperidine rings is 1. The Morgan fingerprint density at radius 3 is 3.10 bits per heavy atom. The fraction of sp³-hybridized carbons (Fsp3) is 0.467. The van der Waals surface area contributed by atoms with Crippen LogP contribution in [0.5, 0.6) is 0 Å². The minimum Gasteiger partial charge on any atom is -0.355 e. The monoisotopic (exact) mass is 307 g/mol. The topological polar surface area (TPSA) is 75.4 Å². The van der Waals surface area contributed by atoms with Crippen molar-refractivity contribution in [2.75, 3.05) is 26.2 Å². The minimum absolute atomic E-state index is 0.000173. The number of carbonyl (C=O) groups is 2. The maximum atomic E-state index is 12.2. The zero-order valence-corrected chi connectivity index (χ0v) is 12.8. The van der Waals surface area contributed by atoms with Crippen LogP contribution in [0.2, 0.25) is 0 Å². The molecule has 2 heterocycles. The summed E-state index contributed by atoms with van der Waals surface area (Å²) in [6, 6.07) is 3.92. The molecule has 1 aliphatic heterocycles. The van der Waals surface area contributed by atoms with Crippen LogP contribution in [0, 0.1) is 5.92 Å². The normalized spacial score (nSPS) is 18.9. The third-order valence-electron chi connectivity index (χ3n) is 3.48. The molecule has 1 fully saturated rings. The molecule has 114 valence electrons. The van der Waals surface area contributed by atoms with Gasteiger partial charge in [0.05, 0.1) is 5.92 Å². The SMILES string of the molecule is NCCNC(=O)C1CCCN(C(=O)C=Cc2cccs2)C1. The highest BCUT2D eigenvalue weighted by Gasteiger charge is 2.27. The first-order chi connectivity index (χ1) is 10.2. The second-order valence-electron chi connectivity index (χ2n) is 5.05. The van der Waals surface area contributed by atoms with Crippen molar-refractivity contribution >= 4 is 29.2 Å². The number of nitrogens with one attached hydrogen (secondary N) is 1. The summed E-state index contributed by atoms with van der Waals surface area (Å²) in [6.45, 7) is 2.13. The lowest BCUT2D eigenvalue weighted by Crippen LogP contribution is -2.45. The third-order valence-corrected chi connectivity index (χ3v) is 4.32. The van der Waals surface area contributed by atoms with Gasteiger partial charge in [0.1, 0.15) is 0 Å². The van der Waals surface area contributed by atoms with Crippen LogP contribution in [0.15, 0.2) is 23.6 Å². The number of nitrogens with zero attached hydrogens (tertiary/aromatic N) is 1. The molecular weight excluding hydrogens is 286 g/mol. The number of carbonyl (C=O) groups excluding carboxylic acids is 2. The predicted octanol–water partition coefficient (Wildman–Crippen LogP) is 1.07. The van der Waals surface area contributed by atoms with E-state index < -0.39 is 0 Å². The molecule has 1 unspecified atom stereocenters. The second kappa shape index (κ2) is 7.95. The average Bonchev–Trinajstić information content (AvgIpc) is 3.03. The first kappa shape index (κ1) is 15.7. The smallest absolute Gasteiger partial charge is 0.246 e. The molecule has 0 spiro atoms. The van der Waals surface area contributed by atoms with Crippen LogP contribution >= 0.6 is 11.3 Å². The van der Waals surface area contributed by atoms with Crippen molar-refractivity contribution in [3.63, 3.8) is 0 Å². The number of rotatable bonds is 5. The Bertz CT molecular complexity index is 499. The van der Waals surface area contributed by atoms with Gasteiger partial charge >= 0.3 is 0 Å². The highest BCUT2D eigenvalue weighted by Crippen LogP contribution is 2.17. The summed E-state index contributed by atoms with van der Waals surface area (Å²) < 4.78 is 0. The predicted molar refractivity (Wildman–Crippen MR) is 84.7 cm³/mol. The van der Waals surface area contributed by atoms with E-state index >= 15 is 0 Å². The van der Waals surface area contributed by atoms with Gasteiger partial charge in [-0.25, -0.2) is 0 Å². The highest BCUT2D eigenvalue weighted by atomic mass is 32.1. The molecule has 2 amide bonds. The van der Waals surface area contributed by atoms with Gasteiger partial charge in [-0.2, -0.15) is 0 Å². The van der Waals surface area contributed by atoms with Crippen LogP contribution in [0.1, 0.15) is 17.7 Å². The summed E-state index contributed by atoms with van der Waals surface area (Å²) in [7, 11) is 0. The van der Waals surface area contributed by atoms with Gasteiger partial charge in [0.25, 0.3) is 0 Å². The van der Waals surface area contributed by atoms with E-state index in [9.17, 15) is 9.59 Å². The van der Waals surface area contributed by atoms with Crippen LogP contribution in [0.3, 0.4) is 0 Å². The minimum atomic E-state index is -0.121. The average molecular weight is 307 g/mol. The van der Waals surface area contributed by atoms with Crippen molar-refractivity contribution in [1.82, 2.24) is 10.2 Å². The lowest BCUT2D eigenvalue weighted by Gasteiger charge is -2.31. The van der Waals surface area contributed by atoms with Crippen molar-refractivity contribution in [3.05, 3.63) is 28.5 Å². The quantitative estimate of drug-likeness (QED) is 0.799. The van der Waals surface area contributed by atoms with Crippen molar-refractivity contribution < 1.29 is 9.59 Å². The fourth-order valence-corrected chi connectivity index (χ4v) is 2.99. The molecule has 0 saturated carbocycles. The molecule has 1 aromatic heterocycles. The molecule has 21 heavy (non-hydrogen) atoms. The summed E-state index contributed by atoms with van der Waals surface area (Å²) in [4.78, 5) is 26.9. The number of thiophene rings is 1. The van der Waals surface area contributed by atoms with Gasteiger partial charge < -0.3 is 16.0 Å². The fourth-order valence-electron chi connectivity index (χ4n) is 2.38. The van der Waals surface area contributed by atoms with Crippen LogP contribution in [-0.4, -0.2) is 42.9 Å². The Morgan fingerprint density at radius 2 is 2.38 bits per heavy atom. The third kappa shape index (κ3) is 4.68. The second-order valence-corrected chi connectivity index (χ2v) is 6.03. The van der Waals surface area contributed by atoms with Gasteiger partial charge in [-0.3, -0.25) is 9.59 Å². The summed E-state index contributed by atoms with van der Waals surface area (Å²) >= 11 is 1.59. The van der Waals surface area contributed by atoms with Gasteiger partial charge in [-0.05, 0) is 30.4 Å². The van der Waals surface area contributed by atoms with Gasteiger partial charge in [-0.1, -0.05) is 6.07 Å². The standard InChI is InChI=1S/C15H21N3O2S/c16-7-8-17-15(20)12-3-1-9-18(11-12)14(19)6-5-13-4-2-10-21-13/h2,4-6,10,12H,1,3,7-9,11,16H2,(H,17,20). The Balaban J connectivity index is 1.88. The molecule has 0 radical (unpaired) electrons. The molecule has 5 nitrogen and oxygen atoms in total. The number of likely N-dealkylation sites (tertiary alicyclic amines) is 1. The summed E-state index contributed by atoms with van der Waals surface area (Å²) in [5.74, 6) is -0.149. The molecule has 3 N–H and O–H groups in total. The molecule has 1 aromatic rings. The van der Waals surface area contributed by atoms with E-state index in [-0.39, 0.29) is 17.7 Å². The van der Waals surface area contributed by atoms with E-state index in [0.29, 0.717) is 26.2 Å². The Labute approximate surface area is 128 Å².